The molecule has 0 bridgehead atoms. The number of aliphatic hydroxyl groups is 2. The number of carbonyl (C=O) groups excluding carboxylic acids is 3. The Bertz CT molecular complexity index is 368. The van der Waals surface area contributed by atoms with Crippen LogP contribution in [0, 0.1) is 31.1 Å². The number of ketones is 3. The summed E-state index contributed by atoms with van der Waals surface area (Å²) in [5.41, 5.74) is 0. The second-order valence-corrected chi connectivity index (χ2v) is 4.16. The van der Waals surface area contributed by atoms with Crippen molar-refractivity contribution in [2.75, 3.05) is 0 Å². The maximum absolute atomic E-state index is 10.0. The van der Waals surface area contributed by atoms with Crippen LogP contribution in [0.4, 0.5) is 0 Å². The van der Waals surface area contributed by atoms with Crippen LogP contribution < -0.4 is 5.11 Å². The van der Waals surface area contributed by atoms with Crippen LogP contribution in [0.3, 0.4) is 0 Å². The molecule has 0 unspecified atom stereocenters. The first-order valence-corrected chi connectivity index (χ1v) is 6.00. The monoisotopic (exact) mass is 537 g/mol. The maximum Gasteiger partial charge on any atom is 0.155 e. The molecule has 0 saturated carbocycles. The van der Waals surface area contributed by atoms with Gasteiger partial charge in [-0.3, -0.25) is 14.4 Å². The van der Waals surface area contributed by atoms with Gasteiger partial charge in [-0.25, -0.2) is 0 Å². The molecule has 0 radical (unpaired) electrons. The summed E-state index contributed by atoms with van der Waals surface area (Å²) < 4.78 is 0. The van der Waals surface area contributed by atoms with Crippen LogP contribution >= 0.6 is 0 Å². The van der Waals surface area contributed by atoms with Crippen LogP contribution in [0.1, 0.15) is 41.5 Å². The molecule has 124 valence electrons. The van der Waals surface area contributed by atoms with Gasteiger partial charge >= 0.3 is 0 Å². The minimum absolute atomic E-state index is 0. The van der Waals surface area contributed by atoms with E-state index in [0.29, 0.717) is 0 Å². The van der Waals surface area contributed by atoms with Crippen molar-refractivity contribution in [1.29, 1.82) is 0 Å². The fourth-order valence-electron chi connectivity index (χ4n) is 0.875. The van der Waals surface area contributed by atoms with Gasteiger partial charge in [0.15, 0.2) is 17.3 Å². The summed E-state index contributed by atoms with van der Waals surface area (Å²) in [6, 6.07) is 0. The standard InChI is InChI=1S/3C5H8O2.U/c3*1-4(6)3-5(2)7;/h3*3,6H,1-2H3;/p-1/b3*4-3-;. The zero-order valence-corrected chi connectivity index (χ0v) is 17.9. The molecular weight excluding hydrogens is 514 g/mol. The molecule has 0 amide bonds. The number of aliphatic hydroxyl groups excluding tert-OH is 2. The Morgan fingerprint density at radius 2 is 0.909 bits per heavy atom. The van der Waals surface area contributed by atoms with Gasteiger partial charge in [-0.05, 0) is 40.7 Å². The van der Waals surface area contributed by atoms with E-state index in [0.717, 1.165) is 6.08 Å². The van der Waals surface area contributed by atoms with Gasteiger partial charge in [0.2, 0.25) is 0 Å². The summed E-state index contributed by atoms with van der Waals surface area (Å²) in [5.74, 6) is -0.500. The van der Waals surface area contributed by atoms with Gasteiger partial charge in [0.05, 0.1) is 11.5 Å². The molecule has 0 rings (SSSR count). The second kappa shape index (κ2) is 17.7. The van der Waals surface area contributed by atoms with E-state index in [2.05, 4.69) is 0 Å². The third-order valence-electron chi connectivity index (χ3n) is 1.23. The normalized spacial score (nSPS) is 10.9. The van der Waals surface area contributed by atoms with Crippen LogP contribution in [0.25, 0.3) is 0 Å². The van der Waals surface area contributed by atoms with Gasteiger partial charge in [-0.2, -0.15) is 0 Å². The summed E-state index contributed by atoms with van der Waals surface area (Å²) in [5, 5.41) is 26.7. The minimum Gasteiger partial charge on any atom is -0.876 e. The minimum atomic E-state index is -0.187. The molecule has 22 heavy (non-hydrogen) atoms. The van der Waals surface area contributed by atoms with Crippen molar-refractivity contribution in [1.82, 2.24) is 0 Å². The zero-order valence-electron chi connectivity index (χ0n) is 13.8. The van der Waals surface area contributed by atoms with Gasteiger partial charge in [-0.1, -0.05) is 6.92 Å². The second-order valence-electron chi connectivity index (χ2n) is 4.16. The first-order valence-electron chi connectivity index (χ1n) is 6.00. The van der Waals surface area contributed by atoms with Crippen LogP contribution in [-0.4, -0.2) is 27.6 Å². The summed E-state index contributed by atoms with van der Waals surface area (Å²) in [6.45, 7) is 8.39. The molecule has 0 atom stereocenters. The number of hydrogen-bond donors (Lipinski definition) is 2. The largest absolute Gasteiger partial charge is 0.876 e. The van der Waals surface area contributed by atoms with E-state index in [4.69, 9.17) is 10.2 Å². The van der Waals surface area contributed by atoms with E-state index in [-0.39, 0.29) is 65.7 Å². The summed E-state index contributed by atoms with van der Waals surface area (Å²) in [6.07, 6.45) is 3.39. The molecule has 0 aliphatic rings. The van der Waals surface area contributed by atoms with E-state index in [1.165, 1.54) is 53.7 Å². The molecular formula is C15H23O6U-. The molecule has 0 spiro atoms. The first kappa shape index (κ1) is 28.8. The van der Waals surface area contributed by atoms with Gasteiger partial charge < -0.3 is 15.3 Å². The fourth-order valence-corrected chi connectivity index (χ4v) is 0.875. The van der Waals surface area contributed by atoms with Crippen LogP contribution in [-0.2, 0) is 14.4 Å². The first-order chi connectivity index (χ1) is 9.38. The predicted octanol–water partition coefficient (Wildman–Crippen LogP) is 1.91. The van der Waals surface area contributed by atoms with Crippen molar-refractivity contribution in [3.8, 4) is 0 Å². The van der Waals surface area contributed by atoms with Gasteiger partial charge in [0.25, 0.3) is 0 Å². The van der Waals surface area contributed by atoms with Gasteiger partial charge in [0, 0.05) is 43.3 Å². The quantitative estimate of drug-likeness (QED) is 0.420. The van der Waals surface area contributed by atoms with E-state index in [1.807, 2.05) is 0 Å². The molecule has 2 N–H and O–H groups in total. The Labute approximate surface area is 155 Å². The number of hydrogen-bond acceptors (Lipinski definition) is 6. The SMILES string of the molecule is CC(=O)/C=C(/C)O.CC(=O)/C=C(/C)O.CC(=O)/C=C(/C)[O-].[U]. The van der Waals surface area contributed by atoms with E-state index in [1.54, 1.807) is 0 Å². The van der Waals surface area contributed by atoms with Crippen LogP contribution in [0.5, 0.6) is 0 Å². The van der Waals surface area contributed by atoms with Crippen molar-refractivity contribution in [3.63, 3.8) is 0 Å². The molecule has 0 aromatic heterocycles. The molecule has 6 nitrogen and oxygen atoms in total. The number of carbonyl (C=O) groups is 3. The Morgan fingerprint density at radius 1 is 0.682 bits per heavy atom. The molecule has 0 fully saturated rings. The maximum atomic E-state index is 10.0. The van der Waals surface area contributed by atoms with E-state index >= 15 is 0 Å². The summed E-state index contributed by atoms with van der Waals surface area (Å²) in [4.78, 5) is 30.0. The molecule has 7 heteroatoms. The van der Waals surface area contributed by atoms with Crippen molar-refractivity contribution < 1.29 is 60.8 Å². The summed E-state index contributed by atoms with van der Waals surface area (Å²) >= 11 is 0. The zero-order chi connectivity index (χ0) is 17.6. The third-order valence-corrected chi connectivity index (χ3v) is 1.23. The van der Waals surface area contributed by atoms with Crippen molar-refractivity contribution in [3.05, 3.63) is 35.5 Å². The average molecular weight is 537 g/mol. The van der Waals surface area contributed by atoms with Gasteiger partial charge in [-0.15, -0.1) is 5.76 Å². The van der Waals surface area contributed by atoms with Crippen molar-refractivity contribution >= 4 is 17.3 Å². The molecule has 0 aliphatic carbocycles. The summed E-state index contributed by atoms with van der Waals surface area (Å²) in [7, 11) is 0. The molecule has 0 heterocycles. The Morgan fingerprint density at radius 3 is 0.909 bits per heavy atom. The Kier molecular flexibility index (Phi) is 23.2. The number of allylic oxidation sites excluding steroid dienone is 6. The average Bonchev–Trinajstić information content (AvgIpc) is 2.10. The molecule has 0 aromatic rings. The predicted molar refractivity (Wildman–Crippen MR) is 78.6 cm³/mol. The van der Waals surface area contributed by atoms with Crippen LogP contribution in [0.15, 0.2) is 35.5 Å². The Hall–Kier alpha value is -1.32. The van der Waals surface area contributed by atoms with Crippen molar-refractivity contribution in [2.45, 2.75) is 41.5 Å². The molecule has 0 aromatic carbocycles. The Balaban J connectivity index is -0.000000108. The van der Waals surface area contributed by atoms with Crippen molar-refractivity contribution in [2.24, 2.45) is 0 Å². The van der Waals surface area contributed by atoms with E-state index < -0.39 is 0 Å². The smallest absolute Gasteiger partial charge is 0.155 e. The number of rotatable bonds is 3. The topological polar surface area (TPSA) is 115 Å². The van der Waals surface area contributed by atoms with Gasteiger partial charge in [0.1, 0.15) is 0 Å². The molecule has 0 saturated heterocycles. The fraction of sp³-hybridized carbons (Fsp3) is 0.400. The van der Waals surface area contributed by atoms with Crippen LogP contribution in [0.2, 0.25) is 0 Å². The van der Waals surface area contributed by atoms with E-state index in [9.17, 15) is 19.5 Å². The third kappa shape index (κ3) is 51.2. The molecule has 0 aliphatic heterocycles.